The molecule has 28 heavy (non-hydrogen) atoms. The molecule has 2 atom stereocenters. The van der Waals surface area contributed by atoms with Crippen LogP contribution in [0.3, 0.4) is 0 Å². The molecule has 1 aromatic carbocycles. The number of aromatic nitrogens is 2. The minimum absolute atomic E-state index is 0. The van der Waals surface area contributed by atoms with E-state index in [1.54, 1.807) is 0 Å². The Hall–Kier alpha value is -1.61. The number of aliphatic imine (C=N–C) groups is 1. The van der Waals surface area contributed by atoms with Crippen molar-refractivity contribution in [3.63, 3.8) is 0 Å². The maximum atomic E-state index is 4.38. The normalized spacial score (nSPS) is 18.5. The van der Waals surface area contributed by atoms with Crippen LogP contribution in [-0.2, 0) is 13.1 Å². The summed E-state index contributed by atoms with van der Waals surface area (Å²) in [4.78, 5) is 6.96. The summed E-state index contributed by atoms with van der Waals surface area (Å²) in [6.45, 7) is 7.14. The van der Waals surface area contributed by atoms with E-state index >= 15 is 0 Å². The van der Waals surface area contributed by atoms with E-state index in [4.69, 9.17) is 0 Å². The maximum Gasteiger partial charge on any atom is 0.191 e. The number of hydrogen-bond acceptors (Lipinski definition) is 3. The fourth-order valence-electron chi connectivity index (χ4n) is 3.65. The summed E-state index contributed by atoms with van der Waals surface area (Å²) in [6, 6.07) is 13.3. The monoisotopic (exact) mass is 496 g/mol. The zero-order chi connectivity index (χ0) is 18.9. The van der Waals surface area contributed by atoms with Gasteiger partial charge in [-0.2, -0.15) is 5.10 Å². The predicted octanol–water partition coefficient (Wildman–Crippen LogP) is 2.97. The molecule has 7 heteroatoms. The molecule has 0 saturated carbocycles. The smallest absolute Gasteiger partial charge is 0.191 e. The van der Waals surface area contributed by atoms with E-state index < -0.39 is 0 Å². The summed E-state index contributed by atoms with van der Waals surface area (Å²) in [5.74, 6) is 1.36. The lowest BCUT2D eigenvalue weighted by Gasteiger charge is -2.26. The molecular formula is C21H33IN6. The zero-order valence-electron chi connectivity index (χ0n) is 16.9. The Bertz CT molecular complexity index is 688. The first kappa shape index (κ1) is 22.7. The van der Waals surface area contributed by atoms with Crippen LogP contribution in [0.4, 0.5) is 0 Å². The summed E-state index contributed by atoms with van der Waals surface area (Å²) in [7, 11) is 1.84. The molecule has 0 spiro atoms. The van der Waals surface area contributed by atoms with Crippen molar-refractivity contribution in [2.24, 2.45) is 10.9 Å². The van der Waals surface area contributed by atoms with Crippen molar-refractivity contribution in [3.05, 3.63) is 54.4 Å². The largest absolute Gasteiger partial charge is 0.356 e. The lowest BCUT2D eigenvalue weighted by atomic mass is 10.2. The first-order valence-corrected chi connectivity index (χ1v) is 9.94. The van der Waals surface area contributed by atoms with E-state index in [1.807, 2.05) is 30.2 Å². The van der Waals surface area contributed by atoms with Crippen molar-refractivity contribution >= 4 is 29.9 Å². The highest BCUT2D eigenvalue weighted by Crippen LogP contribution is 2.19. The Morgan fingerprint density at radius 1 is 1.25 bits per heavy atom. The fourth-order valence-corrected chi connectivity index (χ4v) is 3.65. The van der Waals surface area contributed by atoms with E-state index in [-0.39, 0.29) is 24.0 Å². The Morgan fingerprint density at radius 3 is 2.79 bits per heavy atom. The fraction of sp³-hybridized carbons (Fsp3) is 0.524. The Kier molecular flexibility index (Phi) is 9.77. The van der Waals surface area contributed by atoms with E-state index in [1.165, 1.54) is 24.9 Å². The van der Waals surface area contributed by atoms with Gasteiger partial charge in [0.2, 0.25) is 0 Å². The molecule has 154 valence electrons. The Balaban J connectivity index is 0.00000280. The van der Waals surface area contributed by atoms with Crippen LogP contribution < -0.4 is 10.6 Å². The molecule has 2 N–H and O–H groups in total. The standard InChI is InChI=1S/C21H32N6.HI/c1-18(16-27-13-7-11-25-27)14-23-21(22-2)24-15-20-10-6-12-26(20)17-19-8-4-3-5-9-19;/h3-5,7-9,11,13,18,20H,6,10,12,14-17H2,1-2H3,(H2,22,23,24);1H. The zero-order valence-corrected chi connectivity index (χ0v) is 19.3. The Morgan fingerprint density at radius 2 is 2.07 bits per heavy atom. The van der Waals surface area contributed by atoms with Crippen LogP contribution in [-0.4, -0.2) is 53.4 Å². The highest BCUT2D eigenvalue weighted by Gasteiger charge is 2.24. The first-order valence-electron chi connectivity index (χ1n) is 9.94. The van der Waals surface area contributed by atoms with Crippen LogP contribution in [0.1, 0.15) is 25.3 Å². The van der Waals surface area contributed by atoms with Crippen molar-refractivity contribution in [1.82, 2.24) is 25.3 Å². The van der Waals surface area contributed by atoms with Crippen molar-refractivity contribution < 1.29 is 0 Å². The molecule has 2 unspecified atom stereocenters. The minimum atomic E-state index is 0. The first-order chi connectivity index (χ1) is 13.2. The van der Waals surface area contributed by atoms with Crippen molar-refractivity contribution in [3.8, 4) is 0 Å². The summed E-state index contributed by atoms with van der Waals surface area (Å²) in [5.41, 5.74) is 1.39. The van der Waals surface area contributed by atoms with Gasteiger partial charge in [0, 0.05) is 51.7 Å². The number of nitrogens with zero attached hydrogens (tertiary/aromatic N) is 4. The minimum Gasteiger partial charge on any atom is -0.356 e. The van der Waals surface area contributed by atoms with Gasteiger partial charge < -0.3 is 10.6 Å². The predicted molar refractivity (Wildman–Crippen MR) is 126 cm³/mol. The molecule has 3 rings (SSSR count). The number of likely N-dealkylation sites (tertiary alicyclic amines) is 1. The van der Waals surface area contributed by atoms with Crippen molar-refractivity contribution in [2.45, 2.75) is 38.9 Å². The average Bonchev–Trinajstić information content (AvgIpc) is 3.35. The Labute approximate surface area is 185 Å². The summed E-state index contributed by atoms with van der Waals surface area (Å²) >= 11 is 0. The molecule has 0 radical (unpaired) electrons. The molecule has 1 aromatic heterocycles. The number of halogens is 1. The van der Waals surface area contributed by atoms with Gasteiger partial charge in [-0.3, -0.25) is 14.6 Å². The van der Waals surface area contributed by atoms with E-state index in [0.29, 0.717) is 12.0 Å². The number of guanidine groups is 1. The van der Waals surface area contributed by atoms with Crippen LogP contribution in [0.25, 0.3) is 0 Å². The molecule has 0 aliphatic carbocycles. The van der Waals surface area contributed by atoms with Crippen LogP contribution >= 0.6 is 24.0 Å². The van der Waals surface area contributed by atoms with E-state index in [2.05, 4.69) is 62.9 Å². The topological polar surface area (TPSA) is 57.5 Å². The summed E-state index contributed by atoms with van der Waals surface area (Å²) in [6.07, 6.45) is 6.34. The number of hydrogen-bond donors (Lipinski definition) is 2. The van der Waals surface area contributed by atoms with Crippen LogP contribution in [0.2, 0.25) is 0 Å². The third-order valence-electron chi connectivity index (χ3n) is 5.13. The number of benzene rings is 1. The second-order valence-corrected chi connectivity index (χ2v) is 7.42. The summed E-state index contributed by atoms with van der Waals surface area (Å²) < 4.78 is 1.97. The van der Waals surface area contributed by atoms with Crippen LogP contribution in [0.15, 0.2) is 53.8 Å². The van der Waals surface area contributed by atoms with Gasteiger partial charge in [0.05, 0.1) is 0 Å². The van der Waals surface area contributed by atoms with Crippen molar-refractivity contribution in [2.75, 3.05) is 26.7 Å². The third kappa shape index (κ3) is 7.09. The second kappa shape index (κ2) is 12.1. The van der Waals surface area contributed by atoms with E-state index in [9.17, 15) is 0 Å². The second-order valence-electron chi connectivity index (χ2n) is 7.42. The molecule has 1 aliphatic heterocycles. The molecule has 1 saturated heterocycles. The molecule has 1 aliphatic rings. The van der Waals surface area contributed by atoms with Gasteiger partial charge in [-0.1, -0.05) is 37.3 Å². The molecule has 6 nitrogen and oxygen atoms in total. The molecule has 0 bridgehead atoms. The quantitative estimate of drug-likeness (QED) is 0.335. The lowest BCUT2D eigenvalue weighted by molar-refractivity contribution is 0.245. The maximum absolute atomic E-state index is 4.38. The van der Waals surface area contributed by atoms with Gasteiger partial charge in [-0.25, -0.2) is 0 Å². The van der Waals surface area contributed by atoms with Gasteiger partial charge in [-0.15, -0.1) is 24.0 Å². The molecular weight excluding hydrogens is 463 g/mol. The highest BCUT2D eigenvalue weighted by atomic mass is 127. The summed E-state index contributed by atoms with van der Waals surface area (Å²) in [5, 5.41) is 11.2. The highest BCUT2D eigenvalue weighted by molar-refractivity contribution is 14.0. The van der Waals surface area contributed by atoms with Crippen molar-refractivity contribution in [1.29, 1.82) is 0 Å². The SMILES string of the molecule is CN=C(NCC(C)Cn1cccn1)NCC1CCCN1Cc1ccccc1.I. The molecule has 2 aromatic rings. The number of nitrogens with one attached hydrogen (secondary N) is 2. The third-order valence-corrected chi connectivity index (χ3v) is 5.13. The number of rotatable bonds is 8. The van der Waals surface area contributed by atoms with E-state index in [0.717, 1.165) is 32.1 Å². The van der Waals surface area contributed by atoms with Crippen LogP contribution in [0, 0.1) is 5.92 Å². The van der Waals surface area contributed by atoms with Gasteiger partial charge in [0.15, 0.2) is 5.96 Å². The lowest BCUT2D eigenvalue weighted by Crippen LogP contribution is -2.45. The molecule has 2 heterocycles. The van der Waals surface area contributed by atoms with Gasteiger partial charge in [0.1, 0.15) is 0 Å². The van der Waals surface area contributed by atoms with Crippen LogP contribution in [0.5, 0.6) is 0 Å². The molecule has 0 amide bonds. The van der Waals surface area contributed by atoms with Gasteiger partial charge >= 0.3 is 0 Å². The van der Waals surface area contributed by atoms with Gasteiger partial charge in [-0.05, 0) is 36.9 Å². The molecule has 1 fully saturated rings. The average molecular weight is 496 g/mol. The van der Waals surface area contributed by atoms with Gasteiger partial charge in [0.25, 0.3) is 0 Å².